The van der Waals surface area contributed by atoms with Crippen LogP contribution in [0.25, 0.3) is 10.8 Å². The third-order valence-corrected chi connectivity index (χ3v) is 3.25. The van der Waals surface area contributed by atoms with Crippen molar-refractivity contribution in [2.24, 2.45) is 0 Å². The van der Waals surface area contributed by atoms with Crippen molar-refractivity contribution < 1.29 is 26.3 Å². The number of hydrogen-bond donors (Lipinski definition) is 0. The fourth-order valence-corrected chi connectivity index (χ4v) is 2.23. The molecule has 0 aliphatic heterocycles. The average molecular weight is 330 g/mol. The van der Waals surface area contributed by atoms with E-state index in [2.05, 4.69) is 59.4 Å². The Bertz CT molecular complexity index is 698. The lowest BCUT2D eigenvalue weighted by molar-refractivity contribution is -0.687. The maximum absolute atomic E-state index is 5.24. The molecule has 1 heterocycles. The van der Waals surface area contributed by atoms with Crippen molar-refractivity contribution in [3.63, 3.8) is 0 Å². The molecule has 0 aliphatic rings. The smallest absolute Gasteiger partial charge is 0.176 e. The molecule has 1 aromatic heterocycles. The SMILES string of the molecule is COc1ccc2c[n+](Cc3ccccc3)ccc2c1.[Br-]. The van der Waals surface area contributed by atoms with E-state index < -0.39 is 0 Å². The van der Waals surface area contributed by atoms with E-state index in [0.717, 1.165) is 12.3 Å². The largest absolute Gasteiger partial charge is 1.00 e. The minimum atomic E-state index is 0. The highest BCUT2D eigenvalue weighted by Gasteiger charge is 2.05. The number of aromatic nitrogens is 1. The first-order valence-electron chi connectivity index (χ1n) is 6.36. The first kappa shape index (κ1) is 14.5. The van der Waals surface area contributed by atoms with Crippen LogP contribution < -0.4 is 26.3 Å². The molecule has 0 amide bonds. The van der Waals surface area contributed by atoms with Gasteiger partial charge in [0.15, 0.2) is 18.9 Å². The van der Waals surface area contributed by atoms with E-state index in [1.54, 1.807) is 7.11 Å². The van der Waals surface area contributed by atoms with Crippen molar-refractivity contribution in [1.82, 2.24) is 0 Å². The monoisotopic (exact) mass is 329 g/mol. The number of benzene rings is 2. The van der Waals surface area contributed by atoms with Gasteiger partial charge in [-0.15, -0.1) is 0 Å². The molecule has 2 aromatic carbocycles. The summed E-state index contributed by atoms with van der Waals surface area (Å²) in [4.78, 5) is 0. The van der Waals surface area contributed by atoms with Crippen molar-refractivity contribution in [2.75, 3.05) is 7.11 Å². The Balaban J connectivity index is 0.00000147. The molecule has 2 nitrogen and oxygen atoms in total. The van der Waals surface area contributed by atoms with Crippen molar-refractivity contribution in [1.29, 1.82) is 0 Å². The van der Waals surface area contributed by atoms with E-state index in [4.69, 9.17) is 4.74 Å². The van der Waals surface area contributed by atoms with E-state index in [1.165, 1.54) is 16.3 Å². The molecule has 0 aliphatic carbocycles. The fraction of sp³-hybridized carbons (Fsp3) is 0.118. The van der Waals surface area contributed by atoms with Crippen molar-refractivity contribution in [3.05, 3.63) is 72.6 Å². The highest BCUT2D eigenvalue weighted by molar-refractivity contribution is 5.82. The van der Waals surface area contributed by atoms with Crippen LogP contribution in [-0.2, 0) is 6.54 Å². The van der Waals surface area contributed by atoms with Gasteiger partial charge in [0.05, 0.1) is 7.11 Å². The molecule has 0 atom stereocenters. The lowest BCUT2D eigenvalue weighted by Crippen LogP contribution is -3.00. The van der Waals surface area contributed by atoms with Gasteiger partial charge in [0, 0.05) is 17.0 Å². The summed E-state index contributed by atoms with van der Waals surface area (Å²) in [6, 6.07) is 18.7. The van der Waals surface area contributed by atoms with Crippen LogP contribution in [0.1, 0.15) is 5.56 Å². The van der Waals surface area contributed by atoms with E-state index >= 15 is 0 Å². The second-order valence-electron chi connectivity index (χ2n) is 4.60. The van der Waals surface area contributed by atoms with Crippen LogP contribution in [0, 0.1) is 0 Å². The van der Waals surface area contributed by atoms with Crippen LogP contribution in [0.4, 0.5) is 0 Å². The summed E-state index contributed by atoms with van der Waals surface area (Å²) in [5.74, 6) is 0.897. The molecule has 0 radical (unpaired) electrons. The summed E-state index contributed by atoms with van der Waals surface area (Å²) < 4.78 is 7.44. The van der Waals surface area contributed by atoms with Gasteiger partial charge in [-0.1, -0.05) is 30.3 Å². The minimum Gasteiger partial charge on any atom is -1.00 e. The summed E-state index contributed by atoms with van der Waals surface area (Å²) in [6.45, 7) is 0.892. The Morgan fingerprint density at radius 3 is 2.50 bits per heavy atom. The Hall–Kier alpha value is -1.87. The summed E-state index contributed by atoms with van der Waals surface area (Å²) in [6.07, 6.45) is 4.27. The predicted octanol–water partition coefficient (Wildman–Crippen LogP) is 0.188. The molecule has 0 spiro atoms. The molecule has 102 valence electrons. The summed E-state index contributed by atoms with van der Waals surface area (Å²) >= 11 is 0. The molecule has 0 saturated carbocycles. The highest BCUT2D eigenvalue weighted by atomic mass is 79.9. The van der Waals surface area contributed by atoms with E-state index in [-0.39, 0.29) is 17.0 Å². The summed E-state index contributed by atoms with van der Waals surface area (Å²) in [5.41, 5.74) is 1.31. The van der Waals surface area contributed by atoms with Gasteiger partial charge < -0.3 is 21.7 Å². The molecular formula is C17H16BrNO. The van der Waals surface area contributed by atoms with Crippen molar-refractivity contribution >= 4 is 10.8 Å². The molecule has 3 rings (SSSR count). The maximum atomic E-state index is 5.24. The maximum Gasteiger partial charge on any atom is 0.176 e. The second kappa shape index (κ2) is 6.53. The Labute approximate surface area is 129 Å². The summed E-state index contributed by atoms with van der Waals surface area (Å²) in [7, 11) is 1.69. The van der Waals surface area contributed by atoms with Gasteiger partial charge in [-0.25, -0.2) is 4.57 Å². The molecular weight excluding hydrogens is 314 g/mol. The van der Waals surface area contributed by atoms with Crippen LogP contribution in [-0.4, -0.2) is 7.11 Å². The topological polar surface area (TPSA) is 13.1 Å². The molecule has 0 fully saturated rings. The predicted molar refractivity (Wildman–Crippen MR) is 76.2 cm³/mol. The minimum absolute atomic E-state index is 0. The average Bonchev–Trinajstić information content (AvgIpc) is 2.48. The third-order valence-electron chi connectivity index (χ3n) is 3.25. The lowest BCUT2D eigenvalue weighted by Gasteiger charge is -2.02. The number of hydrogen-bond acceptors (Lipinski definition) is 1. The van der Waals surface area contributed by atoms with E-state index in [1.807, 2.05) is 12.1 Å². The quantitative estimate of drug-likeness (QED) is 0.625. The Morgan fingerprint density at radius 2 is 1.75 bits per heavy atom. The molecule has 0 N–H and O–H groups in total. The number of halogens is 1. The van der Waals surface area contributed by atoms with Crippen molar-refractivity contribution in [3.8, 4) is 5.75 Å². The van der Waals surface area contributed by atoms with Crippen LogP contribution in [0.15, 0.2) is 67.0 Å². The molecule has 0 bridgehead atoms. The number of methoxy groups -OCH3 is 1. The zero-order valence-electron chi connectivity index (χ0n) is 11.3. The van der Waals surface area contributed by atoms with Crippen LogP contribution in [0.3, 0.4) is 0 Å². The van der Waals surface area contributed by atoms with Gasteiger partial charge in [-0.2, -0.15) is 0 Å². The number of nitrogens with zero attached hydrogens (tertiary/aromatic N) is 1. The van der Waals surface area contributed by atoms with Gasteiger partial charge >= 0.3 is 0 Å². The van der Waals surface area contributed by atoms with Crippen LogP contribution in [0.2, 0.25) is 0 Å². The fourth-order valence-electron chi connectivity index (χ4n) is 2.23. The highest BCUT2D eigenvalue weighted by Crippen LogP contribution is 2.18. The molecule has 20 heavy (non-hydrogen) atoms. The third kappa shape index (κ3) is 3.17. The number of ether oxygens (including phenoxy) is 1. The van der Waals surface area contributed by atoms with Gasteiger partial charge in [0.25, 0.3) is 0 Å². The molecule has 0 unspecified atom stereocenters. The van der Waals surface area contributed by atoms with Gasteiger partial charge in [-0.05, 0) is 23.6 Å². The molecule has 3 heteroatoms. The number of pyridine rings is 1. The van der Waals surface area contributed by atoms with Crippen molar-refractivity contribution in [2.45, 2.75) is 6.54 Å². The molecule has 3 aromatic rings. The van der Waals surface area contributed by atoms with Gasteiger partial charge in [0.2, 0.25) is 0 Å². The normalized spacial score (nSPS) is 10.1. The second-order valence-corrected chi connectivity index (χ2v) is 4.60. The Morgan fingerprint density at radius 1 is 0.950 bits per heavy atom. The zero-order chi connectivity index (χ0) is 13.1. The van der Waals surface area contributed by atoms with E-state index in [0.29, 0.717) is 0 Å². The zero-order valence-corrected chi connectivity index (χ0v) is 12.9. The van der Waals surface area contributed by atoms with Crippen LogP contribution >= 0.6 is 0 Å². The number of fused-ring (bicyclic) bond motifs is 1. The first-order valence-corrected chi connectivity index (χ1v) is 6.36. The Kier molecular flexibility index (Phi) is 4.74. The van der Waals surface area contributed by atoms with Gasteiger partial charge in [-0.3, -0.25) is 0 Å². The van der Waals surface area contributed by atoms with Gasteiger partial charge in [0.1, 0.15) is 5.75 Å². The molecule has 0 saturated heterocycles. The standard InChI is InChI=1S/C17H16NO.BrH/c1-19-17-8-7-16-13-18(10-9-15(16)11-17)12-14-5-3-2-4-6-14;/h2-11,13H,12H2,1H3;1H/q+1;/p-1. The first-order chi connectivity index (χ1) is 9.35. The van der Waals surface area contributed by atoms with E-state index in [9.17, 15) is 0 Å². The number of rotatable bonds is 3. The van der Waals surface area contributed by atoms with Crippen LogP contribution in [0.5, 0.6) is 5.75 Å². The summed E-state index contributed by atoms with van der Waals surface area (Å²) in [5, 5.41) is 2.42. The lowest BCUT2D eigenvalue weighted by atomic mass is 10.1.